The lowest BCUT2D eigenvalue weighted by Gasteiger charge is -2.25. The van der Waals surface area contributed by atoms with Crippen LogP contribution in [0.1, 0.15) is 0 Å². The zero-order chi connectivity index (χ0) is 17.6. The summed E-state index contributed by atoms with van der Waals surface area (Å²) >= 11 is 6.12. The maximum Gasteiger partial charge on any atom is 0.238 e. The maximum atomic E-state index is 12.2. The van der Waals surface area contributed by atoms with Crippen molar-refractivity contribution in [2.24, 2.45) is 0 Å². The Balaban J connectivity index is 1.95. The van der Waals surface area contributed by atoms with Crippen LogP contribution in [0.5, 0.6) is 5.75 Å². The summed E-state index contributed by atoms with van der Waals surface area (Å²) < 4.78 is 33.3. The van der Waals surface area contributed by atoms with Gasteiger partial charge in [0.25, 0.3) is 0 Å². The Morgan fingerprint density at radius 1 is 1.29 bits per heavy atom. The van der Waals surface area contributed by atoms with Crippen LogP contribution in [0.2, 0.25) is 5.02 Å². The minimum atomic E-state index is -2.96. The van der Waals surface area contributed by atoms with E-state index in [-0.39, 0.29) is 24.0 Å². The molecule has 0 saturated carbocycles. The van der Waals surface area contributed by atoms with Gasteiger partial charge in [-0.05, 0) is 12.1 Å². The quantitative estimate of drug-likeness (QED) is 0.715. The van der Waals surface area contributed by atoms with Crippen molar-refractivity contribution in [2.75, 3.05) is 56.8 Å². The van der Waals surface area contributed by atoms with Crippen LogP contribution in [0.15, 0.2) is 18.2 Å². The Morgan fingerprint density at radius 3 is 2.67 bits per heavy atom. The van der Waals surface area contributed by atoms with Crippen molar-refractivity contribution in [3.05, 3.63) is 23.2 Å². The van der Waals surface area contributed by atoms with Gasteiger partial charge in [-0.1, -0.05) is 17.7 Å². The van der Waals surface area contributed by atoms with Gasteiger partial charge in [-0.15, -0.1) is 0 Å². The fourth-order valence-electron chi connectivity index (χ4n) is 2.28. The highest BCUT2D eigenvalue weighted by molar-refractivity contribution is 7.91. The molecule has 7 nitrogen and oxygen atoms in total. The largest absolute Gasteiger partial charge is 0.487 e. The summed E-state index contributed by atoms with van der Waals surface area (Å²) in [6, 6.07) is 5.09. The fraction of sp³-hybridized carbons (Fsp3) is 0.533. The minimum Gasteiger partial charge on any atom is -0.487 e. The molecule has 1 fully saturated rings. The number of anilines is 1. The zero-order valence-corrected chi connectivity index (χ0v) is 15.0. The lowest BCUT2D eigenvalue weighted by atomic mass is 10.3. The van der Waals surface area contributed by atoms with Crippen LogP contribution in [-0.4, -0.2) is 70.7 Å². The monoisotopic (exact) mass is 376 g/mol. The van der Waals surface area contributed by atoms with E-state index < -0.39 is 9.84 Å². The number of carbonyl (C=O) groups is 1. The third-order valence-corrected chi connectivity index (χ3v) is 5.49. The Labute approximate surface area is 146 Å². The standard InChI is InChI=1S/C15H21ClN2O5S/c1-22-7-8-23-15-12(16)3-2-4-13(15)17-14(19)11-18-5-9-24(20,21)10-6-18/h2-4H,5-11H2,1H3,(H,17,19). The van der Waals surface area contributed by atoms with E-state index in [1.807, 2.05) is 4.90 Å². The Morgan fingerprint density at radius 2 is 2.00 bits per heavy atom. The Kier molecular flexibility index (Phi) is 6.85. The number of hydrogen-bond donors (Lipinski definition) is 1. The van der Waals surface area contributed by atoms with Crippen molar-refractivity contribution in [3.8, 4) is 5.75 Å². The van der Waals surface area contributed by atoms with Crippen molar-refractivity contribution in [1.82, 2.24) is 4.90 Å². The van der Waals surface area contributed by atoms with Crippen LogP contribution >= 0.6 is 11.6 Å². The molecule has 1 aliphatic rings. The summed E-state index contributed by atoms with van der Waals surface area (Å²) in [6.45, 7) is 1.57. The lowest BCUT2D eigenvalue weighted by molar-refractivity contribution is -0.117. The van der Waals surface area contributed by atoms with Gasteiger partial charge in [0.2, 0.25) is 5.91 Å². The number of carbonyl (C=O) groups excluding carboxylic acids is 1. The number of benzene rings is 1. The summed E-state index contributed by atoms with van der Waals surface area (Å²) in [5.41, 5.74) is 0.480. The van der Waals surface area contributed by atoms with Crippen molar-refractivity contribution < 1.29 is 22.7 Å². The van der Waals surface area contributed by atoms with Gasteiger partial charge in [-0.25, -0.2) is 8.42 Å². The topological polar surface area (TPSA) is 84.9 Å². The average Bonchev–Trinajstić information content (AvgIpc) is 2.52. The molecule has 0 atom stereocenters. The van der Waals surface area contributed by atoms with Gasteiger partial charge in [0.1, 0.15) is 6.61 Å². The summed E-state index contributed by atoms with van der Waals surface area (Å²) in [4.78, 5) is 14.0. The summed E-state index contributed by atoms with van der Waals surface area (Å²) in [5, 5.41) is 3.16. The molecule has 1 aromatic rings. The molecule has 0 aromatic heterocycles. The maximum absolute atomic E-state index is 12.2. The molecule has 1 N–H and O–H groups in total. The second-order valence-electron chi connectivity index (χ2n) is 5.43. The molecule has 1 aliphatic heterocycles. The molecule has 0 unspecified atom stereocenters. The molecule has 0 spiro atoms. The SMILES string of the molecule is COCCOc1c(Cl)cccc1NC(=O)CN1CCS(=O)(=O)CC1. The van der Waals surface area contributed by atoms with E-state index in [9.17, 15) is 13.2 Å². The number of para-hydroxylation sites is 1. The molecule has 134 valence electrons. The molecular weight excluding hydrogens is 356 g/mol. The third-order valence-electron chi connectivity index (χ3n) is 3.58. The van der Waals surface area contributed by atoms with E-state index in [1.165, 1.54) is 0 Å². The highest BCUT2D eigenvalue weighted by Crippen LogP contribution is 2.32. The first-order chi connectivity index (χ1) is 11.4. The number of hydrogen-bond acceptors (Lipinski definition) is 6. The highest BCUT2D eigenvalue weighted by atomic mass is 35.5. The number of nitrogens with zero attached hydrogens (tertiary/aromatic N) is 1. The number of sulfone groups is 1. The Bertz CT molecular complexity index is 666. The first kappa shape index (κ1) is 19.0. The number of ether oxygens (including phenoxy) is 2. The fourth-order valence-corrected chi connectivity index (χ4v) is 3.79. The number of rotatable bonds is 7. The second kappa shape index (κ2) is 8.66. The van der Waals surface area contributed by atoms with Crippen molar-refractivity contribution in [2.45, 2.75) is 0 Å². The van der Waals surface area contributed by atoms with E-state index >= 15 is 0 Å². The number of nitrogens with one attached hydrogen (secondary N) is 1. The van der Waals surface area contributed by atoms with Gasteiger partial charge >= 0.3 is 0 Å². The van der Waals surface area contributed by atoms with Gasteiger partial charge in [0.05, 0.1) is 35.4 Å². The van der Waals surface area contributed by atoms with Crippen molar-refractivity contribution in [3.63, 3.8) is 0 Å². The second-order valence-corrected chi connectivity index (χ2v) is 8.14. The van der Waals surface area contributed by atoms with Crippen LogP contribution < -0.4 is 10.1 Å². The average molecular weight is 377 g/mol. The molecular formula is C15H21ClN2O5S. The van der Waals surface area contributed by atoms with Crippen LogP contribution in [0, 0.1) is 0 Å². The molecule has 9 heteroatoms. The molecule has 0 bridgehead atoms. The zero-order valence-electron chi connectivity index (χ0n) is 13.5. The lowest BCUT2D eigenvalue weighted by Crippen LogP contribution is -2.43. The van der Waals surface area contributed by atoms with E-state index in [1.54, 1.807) is 25.3 Å². The smallest absolute Gasteiger partial charge is 0.238 e. The van der Waals surface area contributed by atoms with Gasteiger partial charge in [0.15, 0.2) is 15.6 Å². The summed E-state index contributed by atoms with van der Waals surface area (Å²) in [5.74, 6) is 0.324. The predicted octanol–water partition coefficient (Wildman–Crippen LogP) is 1.03. The van der Waals surface area contributed by atoms with Crippen LogP contribution in [0.4, 0.5) is 5.69 Å². The number of halogens is 1. The third kappa shape index (κ3) is 5.62. The highest BCUT2D eigenvalue weighted by Gasteiger charge is 2.23. The molecule has 2 rings (SSSR count). The van der Waals surface area contributed by atoms with Gasteiger partial charge in [-0.3, -0.25) is 9.69 Å². The van der Waals surface area contributed by atoms with Crippen LogP contribution in [0.3, 0.4) is 0 Å². The van der Waals surface area contributed by atoms with E-state index in [2.05, 4.69) is 5.32 Å². The molecule has 0 radical (unpaired) electrons. The van der Waals surface area contributed by atoms with Gasteiger partial charge < -0.3 is 14.8 Å². The Hall–Kier alpha value is -1.35. The first-order valence-corrected chi connectivity index (χ1v) is 9.74. The molecule has 1 heterocycles. The first-order valence-electron chi connectivity index (χ1n) is 7.54. The van der Waals surface area contributed by atoms with Crippen LogP contribution in [-0.2, 0) is 19.4 Å². The summed E-state index contributed by atoms with van der Waals surface area (Å²) in [6.07, 6.45) is 0. The van der Waals surface area contributed by atoms with E-state index in [0.717, 1.165) is 0 Å². The summed E-state index contributed by atoms with van der Waals surface area (Å²) in [7, 11) is -1.39. The minimum absolute atomic E-state index is 0.0861. The van der Waals surface area contributed by atoms with Crippen molar-refractivity contribution in [1.29, 1.82) is 0 Å². The molecule has 24 heavy (non-hydrogen) atoms. The normalized spacial score (nSPS) is 17.4. The predicted molar refractivity (Wildman–Crippen MR) is 92.5 cm³/mol. The van der Waals surface area contributed by atoms with Gasteiger partial charge in [-0.2, -0.15) is 0 Å². The molecule has 1 amide bonds. The van der Waals surface area contributed by atoms with Crippen molar-refractivity contribution >= 4 is 33.0 Å². The van der Waals surface area contributed by atoms with E-state index in [4.69, 9.17) is 21.1 Å². The van der Waals surface area contributed by atoms with Gasteiger partial charge in [0, 0.05) is 20.2 Å². The van der Waals surface area contributed by atoms with Crippen LogP contribution in [0.25, 0.3) is 0 Å². The molecule has 1 aromatic carbocycles. The molecule has 1 saturated heterocycles. The number of amides is 1. The molecule has 0 aliphatic carbocycles. The number of methoxy groups -OCH3 is 1. The van der Waals surface area contributed by atoms with E-state index in [0.29, 0.717) is 42.8 Å².